The van der Waals surface area contributed by atoms with Gasteiger partial charge in [-0.15, -0.1) is 0 Å². The van der Waals surface area contributed by atoms with Crippen molar-refractivity contribution in [2.24, 2.45) is 11.3 Å². The van der Waals surface area contributed by atoms with Crippen LogP contribution in [-0.2, 0) is 28.7 Å². The minimum atomic E-state index is -1.69. The van der Waals surface area contributed by atoms with Crippen LogP contribution in [0.2, 0.25) is 0 Å². The van der Waals surface area contributed by atoms with Gasteiger partial charge in [-0.1, -0.05) is 96.0 Å². The average Bonchev–Trinajstić information content (AvgIpc) is 3.50. The summed E-state index contributed by atoms with van der Waals surface area (Å²) in [5.41, 5.74) is -0.858. The van der Waals surface area contributed by atoms with Crippen molar-refractivity contribution in [3.05, 3.63) is 35.9 Å². The number of aliphatic hydroxyl groups excluding tert-OH is 1. The lowest BCUT2D eigenvalue weighted by Gasteiger charge is -2.38. The number of amides is 6. The number of hydrogen-bond donors (Lipinski definition) is 5. The number of alkyl carbamates (subject to hydrolysis) is 1. The van der Waals surface area contributed by atoms with E-state index in [1.807, 2.05) is 20.8 Å². The lowest BCUT2D eigenvalue weighted by molar-refractivity contribution is -0.143. The van der Waals surface area contributed by atoms with E-state index in [0.29, 0.717) is 37.8 Å². The Kier molecular flexibility index (Phi) is 16.3. The van der Waals surface area contributed by atoms with Gasteiger partial charge in [-0.2, -0.15) is 0 Å². The van der Waals surface area contributed by atoms with Crippen molar-refractivity contribution in [2.45, 2.75) is 142 Å². The van der Waals surface area contributed by atoms with Gasteiger partial charge >= 0.3 is 6.09 Å². The average molecular weight is 757 g/mol. The Balaban J connectivity index is 1.80. The summed E-state index contributed by atoms with van der Waals surface area (Å²) >= 11 is 0. The number of carbonyl (C=O) groups excluding carboxylic acids is 6. The molecule has 0 saturated carbocycles. The number of nitrogens with zero attached hydrogens (tertiary/aromatic N) is 2. The molecule has 3 unspecified atom stereocenters. The predicted molar refractivity (Wildman–Crippen MR) is 205 cm³/mol. The van der Waals surface area contributed by atoms with Crippen molar-refractivity contribution in [1.29, 1.82) is 0 Å². The smallest absolute Gasteiger partial charge is 0.408 e. The second kappa shape index (κ2) is 19.9. The van der Waals surface area contributed by atoms with Crippen LogP contribution in [0, 0.1) is 11.3 Å². The normalized spacial score (nSPS) is 24.1. The lowest BCUT2D eigenvalue weighted by Crippen LogP contribution is -2.60. The molecule has 302 valence electrons. The van der Waals surface area contributed by atoms with Crippen LogP contribution in [0.15, 0.2) is 30.3 Å². The first-order valence-corrected chi connectivity index (χ1v) is 19.4. The molecule has 0 bridgehead atoms. The van der Waals surface area contributed by atoms with Crippen LogP contribution in [-0.4, -0.2) is 108 Å². The number of carbonyl (C=O) groups is 6. The van der Waals surface area contributed by atoms with E-state index in [9.17, 15) is 33.9 Å². The first kappa shape index (κ1) is 44.2. The summed E-state index contributed by atoms with van der Waals surface area (Å²) in [5, 5.41) is 22.1. The van der Waals surface area contributed by atoms with E-state index >= 15 is 0 Å². The summed E-state index contributed by atoms with van der Waals surface area (Å²) in [6.07, 6.45) is 5.17. The van der Waals surface area contributed by atoms with Gasteiger partial charge in [0.25, 0.3) is 5.91 Å². The lowest BCUT2D eigenvalue weighted by atomic mass is 9.78. The molecule has 6 amide bonds. The van der Waals surface area contributed by atoms with Crippen molar-refractivity contribution in [3.8, 4) is 0 Å². The van der Waals surface area contributed by atoms with Crippen LogP contribution in [0.1, 0.15) is 117 Å². The fourth-order valence-corrected chi connectivity index (χ4v) is 7.14. The summed E-state index contributed by atoms with van der Waals surface area (Å²) < 4.78 is 5.54. The Bertz CT molecular complexity index is 1450. The molecule has 2 aliphatic rings. The molecule has 2 saturated heterocycles. The molecule has 3 rings (SSSR count). The van der Waals surface area contributed by atoms with Crippen LogP contribution in [0.5, 0.6) is 0 Å². The van der Waals surface area contributed by atoms with Crippen molar-refractivity contribution >= 4 is 35.6 Å². The van der Waals surface area contributed by atoms with E-state index in [2.05, 4.69) is 21.3 Å². The number of rotatable bonds is 8. The summed E-state index contributed by atoms with van der Waals surface area (Å²) in [6.45, 7) is 10.9. The summed E-state index contributed by atoms with van der Waals surface area (Å²) in [4.78, 5) is 83.5. The van der Waals surface area contributed by atoms with Crippen LogP contribution in [0.3, 0.4) is 0 Å². The van der Waals surface area contributed by atoms with Gasteiger partial charge in [0.2, 0.25) is 23.6 Å². The topological polar surface area (TPSA) is 186 Å². The molecular formula is C40H64N6O8. The molecule has 14 heteroatoms. The van der Waals surface area contributed by atoms with Crippen molar-refractivity contribution in [1.82, 2.24) is 31.1 Å². The quantitative estimate of drug-likeness (QED) is 0.267. The van der Waals surface area contributed by atoms with Crippen molar-refractivity contribution in [3.63, 3.8) is 0 Å². The fourth-order valence-electron chi connectivity index (χ4n) is 7.14. The third kappa shape index (κ3) is 13.3. The molecule has 0 aliphatic carbocycles. The Morgan fingerprint density at radius 1 is 1.00 bits per heavy atom. The Labute approximate surface area is 320 Å². The zero-order chi connectivity index (χ0) is 40.2. The Hall–Kier alpha value is -4.20. The fraction of sp³-hybridized carbons (Fsp3) is 0.700. The number of ether oxygens (including phenoxy) is 1. The molecule has 0 aromatic heterocycles. The molecule has 1 aromatic carbocycles. The van der Waals surface area contributed by atoms with Crippen LogP contribution in [0.25, 0.3) is 0 Å². The highest BCUT2D eigenvalue weighted by atomic mass is 16.6. The van der Waals surface area contributed by atoms with Crippen molar-refractivity contribution < 1.29 is 38.6 Å². The van der Waals surface area contributed by atoms with Crippen LogP contribution < -0.4 is 21.3 Å². The maximum Gasteiger partial charge on any atom is 0.408 e. The zero-order valence-corrected chi connectivity index (χ0v) is 33.5. The zero-order valence-electron chi connectivity index (χ0n) is 33.5. The van der Waals surface area contributed by atoms with Gasteiger partial charge in [0, 0.05) is 20.6 Å². The molecular weight excluding hydrogens is 692 g/mol. The molecule has 0 spiro atoms. The van der Waals surface area contributed by atoms with Gasteiger partial charge in [0.15, 0.2) is 6.10 Å². The predicted octanol–water partition coefficient (Wildman–Crippen LogP) is 3.58. The van der Waals surface area contributed by atoms with Gasteiger partial charge in [0.05, 0.1) is 12.6 Å². The summed E-state index contributed by atoms with van der Waals surface area (Å²) in [6, 6.07) is 4.90. The largest absolute Gasteiger partial charge is 0.444 e. The molecule has 54 heavy (non-hydrogen) atoms. The third-order valence-electron chi connectivity index (χ3n) is 10.1. The number of aliphatic hydroxyl groups is 1. The number of benzene rings is 1. The standard InChI is InChI=1S/C40H64N6O8/c1-26-23-29-34(49)42-28(32(48)35(50)41-24-30(47)43-31(36(51)45(7)8)27-19-15-14-16-20-27)21-17-12-10-9-11-13-18-22-40(5,6)33(37(52)46(29)25-26)44-38(53)54-39(2,3)4/h14-16,19-20,26,28-29,31-33,48H,9-13,17-18,21-25H2,1-8H3,(H,41,50)(H,42,49)(H,43,47)(H,44,53)/t26-,28?,29+,31?,32?,33-/m1/s1. The number of likely N-dealkylation sites (N-methyl/N-ethyl adjacent to an activating group) is 1. The molecule has 1 aromatic rings. The van der Waals surface area contributed by atoms with E-state index in [4.69, 9.17) is 4.74 Å². The van der Waals surface area contributed by atoms with E-state index in [1.54, 1.807) is 65.2 Å². The highest BCUT2D eigenvalue weighted by Crippen LogP contribution is 2.33. The summed E-state index contributed by atoms with van der Waals surface area (Å²) in [5.74, 6) is -2.76. The monoisotopic (exact) mass is 756 g/mol. The summed E-state index contributed by atoms with van der Waals surface area (Å²) in [7, 11) is 3.16. The number of nitrogens with one attached hydrogen (secondary N) is 4. The van der Waals surface area contributed by atoms with E-state index in [0.717, 1.165) is 38.5 Å². The molecule has 5 N–H and O–H groups in total. The molecule has 14 nitrogen and oxygen atoms in total. The first-order chi connectivity index (χ1) is 25.3. The SMILES string of the molecule is C[C@@H]1C[C@H]2C(=O)NC(C(O)C(=O)NCC(=O)NC(C(=O)N(C)C)c3ccccc3)CCCCCCCCCC(C)(C)[C@H](NC(=O)OC(C)(C)C)C(=O)N2C1. The van der Waals surface area contributed by atoms with Gasteiger partial charge in [-0.25, -0.2) is 4.79 Å². The molecule has 2 fully saturated rings. The molecule has 0 radical (unpaired) electrons. The van der Waals surface area contributed by atoms with Gasteiger partial charge in [-0.05, 0) is 56.9 Å². The Morgan fingerprint density at radius 3 is 2.22 bits per heavy atom. The minimum Gasteiger partial charge on any atom is -0.444 e. The Morgan fingerprint density at radius 2 is 1.61 bits per heavy atom. The minimum absolute atomic E-state index is 0.0233. The van der Waals surface area contributed by atoms with Crippen LogP contribution in [0.4, 0.5) is 4.79 Å². The first-order valence-electron chi connectivity index (χ1n) is 19.4. The highest BCUT2D eigenvalue weighted by molar-refractivity contribution is 5.94. The van der Waals surface area contributed by atoms with Gasteiger partial charge in [-0.3, -0.25) is 24.0 Å². The third-order valence-corrected chi connectivity index (χ3v) is 10.1. The molecule has 6 atom stereocenters. The van der Waals surface area contributed by atoms with Crippen molar-refractivity contribution in [2.75, 3.05) is 27.2 Å². The van der Waals surface area contributed by atoms with E-state index in [1.165, 1.54) is 9.80 Å². The maximum atomic E-state index is 14.4. The second-order valence-electron chi connectivity index (χ2n) is 16.9. The maximum absolute atomic E-state index is 14.4. The molecule has 2 heterocycles. The number of hydrogen-bond acceptors (Lipinski definition) is 8. The molecule has 2 aliphatic heterocycles. The second-order valence-corrected chi connectivity index (χ2v) is 16.9. The van der Waals surface area contributed by atoms with E-state index < -0.39 is 71.6 Å². The number of fused-ring (bicyclic) bond motifs is 1. The van der Waals surface area contributed by atoms with Crippen LogP contribution >= 0.6 is 0 Å². The van der Waals surface area contributed by atoms with Gasteiger partial charge < -0.3 is 40.9 Å². The highest BCUT2D eigenvalue weighted by Gasteiger charge is 2.46. The van der Waals surface area contributed by atoms with Gasteiger partial charge in [0.1, 0.15) is 23.7 Å². The van der Waals surface area contributed by atoms with E-state index in [-0.39, 0.29) is 17.7 Å².